The summed E-state index contributed by atoms with van der Waals surface area (Å²) < 4.78 is 6.41. The molecule has 0 amide bonds. The SMILES string of the molecule is COC(=O)[C@@H](C)Sc1nc2ccccc2c(=O)n1-c1cccc(C)c1C. The molecule has 0 aliphatic rings. The summed E-state index contributed by atoms with van der Waals surface area (Å²) in [5, 5.41) is 0.535. The van der Waals surface area contributed by atoms with Gasteiger partial charge in [0.25, 0.3) is 5.56 Å². The Morgan fingerprint density at radius 3 is 2.62 bits per heavy atom. The van der Waals surface area contributed by atoms with Crippen LogP contribution in [0.1, 0.15) is 18.1 Å². The van der Waals surface area contributed by atoms with Crippen LogP contribution in [-0.2, 0) is 9.53 Å². The lowest BCUT2D eigenvalue weighted by Gasteiger charge is -2.17. The standard InChI is InChI=1S/C20H20N2O3S/c1-12-8-7-11-17(13(12)2)22-18(23)15-9-5-6-10-16(15)21-20(22)26-14(3)19(24)25-4/h5-11,14H,1-4H3/t14-/m1/s1. The first kappa shape index (κ1) is 18.2. The molecule has 134 valence electrons. The van der Waals surface area contributed by atoms with Gasteiger partial charge in [-0.1, -0.05) is 36.0 Å². The number of carbonyl (C=O) groups is 1. The van der Waals surface area contributed by atoms with Gasteiger partial charge in [0.15, 0.2) is 5.16 Å². The average molecular weight is 368 g/mol. The van der Waals surface area contributed by atoms with Crippen molar-refractivity contribution in [3.05, 3.63) is 63.9 Å². The summed E-state index contributed by atoms with van der Waals surface area (Å²) in [5.74, 6) is -0.357. The number of hydrogen-bond donors (Lipinski definition) is 0. The average Bonchev–Trinajstić information content (AvgIpc) is 2.64. The number of nitrogens with zero attached hydrogens (tertiary/aromatic N) is 2. The van der Waals surface area contributed by atoms with Crippen LogP contribution in [0.25, 0.3) is 16.6 Å². The summed E-state index contributed by atoms with van der Waals surface area (Å²) >= 11 is 1.22. The highest BCUT2D eigenvalue weighted by Crippen LogP contribution is 2.27. The van der Waals surface area contributed by atoms with Gasteiger partial charge >= 0.3 is 5.97 Å². The van der Waals surface area contributed by atoms with Gasteiger partial charge in [-0.15, -0.1) is 0 Å². The lowest BCUT2D eigenvalue weighted by molar-refractivity contribution is -0.139. The van der Waals surface area contributed by atoms with Crippen molar-refractivity contribution in [3.8, 4) is 5.69 Å². The number of aryl methyl sites for hydroxylation is 1. The zero-order valence-corrected chi connectivity index (χ0v) is 16.0. The lowest BCUT2D eigenvalue weighted by atomic mass is 10.1. The summed E-state index contributed by atoms with van der Waals surface area (Å²) in [6, 6.07) is 13.0. The Morgan fingerprint density at radius 1 is 1.15 bits per heavy atom. The third-order valence-corrected chi connectivity index (χ3v) is 5.41. The zero-order chi connectivity index (χ0) is 18.8. The molecule has 26 heavy (non-hydrogen) atoms. The number of benzene rings is 2. The van der Waals surface area contributed by atoms with Gasteiger partial charge in [0.05, 0.1) is 23.7 Å². The minimum absolute atomic E-state index is 0.149. The fourth-order valence-electron chi connectivity index (χ4n) is 2.75. The van der Waals surface area contributed by atoms with Crippen LogP contribution in [0.3, 0.4) is 0 Å². The molecular weight excluding hydrogens is 348 g/mol. The van der Waals surface area contributed by atoms with E-state index in [9.17, 15) is 9.59 Å². The molecule has 0 aliphatic carbocycles. The molecule has 0 saturated heterocycles. The van der Waals surface area contributed by atoms with E-state index in [1.807, 2.05) is 44.2 Å². The Labute approximate surface area is 156 Å². The molecule has 1 atom stereocenters. The quantitative estimate of drug-likeness (QED) is 0.400. The second-order valence-electron chi connectivity index (χ2n) is 6.05. The van der Waals surface area contributed by atoms with E-state index in [2.05, 4.69) is 4.98 Å². The normalized spacial score (nSPS) is 12.2. The van der Waals surface area contributed by atoms with Gasteiger partial charge in [0.1, 0.15) is 5.25 Å². The Kier molecular flexibility index (Phi) is 5.13. The van der Waals surface area contributed by atoms with Crippen LogP contribution >= 0.6 is 11.8 Å². The number of fused-ring (bicyclic) bond motifs is 1. The molecule has 0 aliphatic heterocycles. The van der Waals surface area contributed by atoms with Gasteiger partial charge in [0, 0.05) is 0 Å². The fourth-order valence-corrected chi connectivity index (χ4v) is 3.70. The molecule has 0 spiro atoms. The molecule has 5 nitrogen and oxygen atoms in total. The lowest BCUT2D eigenvalue weighted by Crippen LogP contribution is -2.24. The number of ether oxygens (including phenoxy) is 1. The van der Waals surface area contributed by atoms with Crippen LogP contribution < -0.4 is 5.56 Å². The molecule has 6 heteroatoms. The summed E-state index contributed by atoms with van der Waals surface area (Å²) in [4.78, 5) is 29.8. The Hall–Kier alpha value is -2.60. The molecule has 0 saturated carbocycles. The highest BCUT2D eigenvalue weighted by atomic mass is 32.2. The van der Waals surface area contributed by atoms with Crippen LogP contribution in [0.4, 0.5) is 0 Å². The maximum atomic E-state index is 13.2. The molecule has 0 N–H and O–H groups in total. The predicted octanol–water partition coefficient (Wildman–Crippen LogP) is 3.66. The summed E-state index contributed by atoms with van der Waals surface area (Å²) in [6.45, 7) is 5.72. The molecule has 0 unspecified atom stereocenters. The van der Waals surface area contributed by atoms with E-state index in [4.69, 9.17) is 4.74 Å². The van der Waals surface area contributed by atoms with Gasteiger partial charge in [-0.05, 0) is 50.1 Å². The van der Waals surface area contributed by atoms with Crippen LogP contribution in [0.2, 0.25) is 0 Å². The van der Waals surface area contributed by atoms with Gasteiger partial charge in [-0.2, -0.15) is 0 Å². The van der Waals surface area contributed by atoms with Crippen molar-refractivity contribution in [2.45, 2.75) is 31.2 Å². The van der Waals surface area contributed by atoms with Gasteiger partial charge in [-0.25, -0.2) is 4.98 Å². The largest absolute Gasteiger partial charge is 0.468 e. The topological polar surface area (TPSA) is 61.2 Å². The van der Waals surface area contributed by atoms with Crippen LogP contribution in [0.15, 0.2) is 52.4 Å². The van der Waals surface area contributed by atoms with E-state index >= 15 is 0 Å². The second-order valence-corrected chi connectivity index (χ2v) is 7.36. The molecule has 1 aromatic heterocycles. The molecule has 0 bridgehead atoms. The highest BCUT2D eigenvalue weighted by Gasteiger charge is 2.21. The third-order valence-electron chi connectivity index (χ3n) is 4.38. The van der Waals surface area contributed by atoms with E-state index in [0.29, 0.717) is 16.1 Å². The van der Waals surface area contributed by atoms with E-state index < -0.39 is 5.25 Å². The van der Waals surface area contributed by atoms with Crippen molar-refractivity contribution in [3.63, 3.8) is 0 Å². The Balaban J connectivity index is 2.29. The Morgan fingerprint density at radius 2 is 1.88 bits per heavy atom. The van der Waals surface area contributed by atoms with Crippen molar-refractivity contribution < 1.29 is 9.53 Å². The molecule has 0 fully saturated rings. The summed E-state index contributed by atoms with van der Waals surface area (Å²) in [6.07, 6.45) is 0. The maximum absolute atomic E-state index is 13.2. The van der Waals surface area contributed by atoms with E-state index in [1.165, 1.54) is 18.9 Å². The highest BCUT2D eigenvalue weighted by molar-refractivity contribution is 8.00. The van der Waals surface area contributed by atoms with Crippen molar-refractivity contribution in [2.24, 2.45) is 0 Å². The number of thioether (sulfide) groups is 1. The minimum atomic E-state index is -0.482. The number of para-hydroxylation sites is 1. The van der Waals surface area contributed by atoms with Crippen molar-refractivity contribution in [1.29, 1.82) is 0 Å². The number of esters is 1. The number of hydrogen-bond acceptors (Lipinski definition) is 5. The van der Waals surface area contributed by atoms with Crippen molar-refractivity contribution in [2.75, 3.05) is 7.11 Å². The summed E-state index contributed by atoms with van der Waals surface area (Å²) in [5.41, 5.74) is 3.31. The first-order valence-electron chi connectivity index (χ1n) is 8.27. The minimum Gasteiger partial charge on any atom is -0.468 e. The first-order valence-corrected chi connectivity index (χ1v) is 9.15. The van der Waals surface area contributed by atoms with E-state index in [0.717, 1.165) is 16.8 Å². The van der Waals surface area contributed by atoms with Crippen molar-refractivity contribution in [1.82, 2.24) is 9.55 Å². The van der Waals surface area contributed by atoms with Gasteiger partial charge < -0.3 is 4.74 Å². The molecule has 2 aromatic carbocycles. The Bertz CT molecular complexity index is 1040. The third kappa shape index (κ3) is 3.24. The fraction of sp³-hybridized carbons (Fsp3) is 0.250. The second kappa shape index (κ2) is 7.33. The first-order chi connectivity index (χ1) is 12.4. The van der Waals surface area contributed by atoms with E-state index in [1.54, 1.807) is 23.6 Å². The number of aromatic nitrogens is 2. The monoisotopic (exact) mass is 368 g/mol. The molecule has 0 radical (unpaired) electrons. The van der Waals surface area contributed by atoms with Crippen LogP contribution in [-0.4, -0.2) is 27.9 Å². The molecule has 3 rings (SSSR count). The van der Waals surface area contributed by atoms with Crippen molar-refractivity contribution >= 4 is 28.6 Å². The smallest absolute Gasteiger partial charge is 0.318 e. The predicted molar refractivity (Wildman–Crippen MR) is 104 cm³/mol. The number of carbonyl (C=O) groups excluding carboxylic acids is 1. The van der Waals surface area contributed by atoms with E-state index in [-0.39, 0.29) is 11.5 Å². The van der Waals surface area contributed by atoms with Gasteiger partial charge in [0.2, 0.25) is 0 Å². The maximum Gasteiger partial charge on any atom is 0.318 e. The zero-order valence-electron chi connectivity index (χ0n) is 15.1. The van der Waals surface area contributed by atoms with Gasteiger partial charge in [-0.3, -0.25) is 14.2 Å². The molecule has 3 aromatic rings. The number of rotatable bonds is 4. The molecular formula is C20H20N2O3S. The summed E-state index contributed by atoms with van der Waals surface area (Å²) in [7, 11) is 1.35. The van der Waals surface area contributed by atoms with Crippen LogP contribution in [0.5, 0.6) is 0 Å². The molecule has 1 heterocycles. The number of methoxy groups -OCH3 is 1. The van der Waals surface area contributed by atoms with Crippen LogP contribution in [0, 0.1) is 13.8 Å².